The third-order valence-corrected chi connectivity index (χ3v) is 3.73. The number of nitrogen functional groups attached to an aromatic ring is 1. The molecule has 3 heterocycles. The minimum Gasteiger partial charge on any atom is -0.387 e. The number of nitrogens with zero attached hydrogens (tertiary/aromatic N) is 4. The van der Waals surface area contributed by atoms with E-state index in [2.05, 4.69) is 15.0 Å². The molecule has 0 unspecified atom stereocenters. The second-order valence-electron chi connectivity index (χ2n) is 5.07. The summed E-state index contributed by atoms with van der Waals surface area (Å²) >= 11 is 5.79. The molecule has 1 aliphatic heterocycles. The fourth-order valence-electron chi connectivity index (χ4n) is 2.47. The molecule has 1 saturated heterocycles. The number of fused-ring (bicyclic) bond motifs is 1. The minimum atomic E-state index is -1.49. The molecule has 4 N–H and O–H groups in total. The Morgan fingerprint density at radius 3 is 2.80 bits per heavy atom. The van der Waals surface area contributed by atoms with Gasteiger partial charge in [-0.2, -0.15) is 9.97 Å². The van der Waals surface area contributed by atoms with E-state index in [-0.39, 0.29) is 11.1 Å². The lowest BCUT2D eigenvalue weighted by atomic mass is 9.97. The molecule has 0 bridgehead atoms. The van der Waals surface area contributed by atoms with E-state index in [0.29, 0.717) is 11.2 Å². The minimum absolute atomic E-state index is 0.0250. The Morgan fingerprint density at radius 2 is 2.20 bits per heavy atom. The topological polar surface area (TPSA) is 119 Å². The molecule has 0 radical (unpaired) electrons. The first kappa shape index (κ1) is 13.5. The monoisotopic (exact) mass is 299 g/mol. The van der Waals surface area contributed by atoms with Gasteiger partial charge in [0, 0.05) is 0 Å². The van der Waals surface area contributed by atoms with Crippen molar-refractivity contribution in [1.82, 2.24) is 19.5 Å². The lowest BCUT2D eigenvalue weighted by Crippen LogP contribution is -2.43. The van der Waals surface area contributed by atoms with Crippen LogP contribution in [-0.4, -0.2) is 47.5 Å². The lowest BCUT2D eigenvalue weighted by Gasteiger charge is -2.27. The fraction of sp³-hybridized carbons (Fsp3) is 0.545. The van der Waals surface area contributed by atoms with Crippen molar-refractivity contribution >= 4 is 28.6 Å². The summed E-state index contributed by atoms with van der Waals surface area (Å²) in [6.45, 7) is 3.17. The second kappa shape index (κ2) is 4.26. The van der Waals surface area contributed by atoms with E-state index in [1.165, 1.54) is 17.8 Å². The molecular formula is C11H14ClN5O3. The summed E-state index contributed by atoms with van der Waals surface area (Å²) in [7, 11) is 0. The van der Waals surface area contributed by atoms with Gasteiger partial charge < -0.3 is 20.7 Å². The van der Waals surface area contributed by atoms with Crippen LogP contribution in [0.2, 0.25) is 5.28 Å². The van der Waals surface area contributed by atoms with Crippen molar-refractivity contribution < 1.29 is 14.9 Å². The average Bonchev–Trinajstić information content (AvgIpc) is 2.85. The number of aromatic nitrogens is 4. The van der Waals surface area contributed by atoms with Crippen LogP contribution in [0.4, 0.5) is 5.82 Å². The third-order valence-electron chi connectivity index (χ3n) is 3.56. The maximum absolute atomic E-state index is 10.4. The number of ether oxygens (including phenoxy) is 1. The molecule has 108 valence electrons. The van der Waals surface area contributed by atoms with Crippen LogP contribution < -0.4 is 5.73 Å². The number of aliphatic hydroxyl groups is 2. The summed E-state index contributed by atoms with van der Waals surface area (Å²) in [6, 6.07) is 0. The lowest BCUT2D eigenvalue weighted by molar-refractivity contribution is -0.0936. The van der Waals surface area contributed by atoms with Crippen molar-refractivity contribution in [2.24, 2.45) is 0 Å². The number of anilines is 1. The van der Waals surface area contributed by atoms with Crippen molar-refractivity contribution in [3.8, 4) is 0 Å². The van der Waals surface area contributed by atoms with Gasteiger partial charge in [0.25, 0.3) is 0 Å². The van der Waals surface area contributed by atoms with Gasteiger partial charge in [0.15, 0.2) is 17.7 Å². The predicted molar refractivity (Wildman–Crippen MR) is 71.0 cm³/mol. The van der Waals surface area contributed by atoms with Crippen LogP contribution in [0.15, 0.2) is 6.33 Å². The standard InChI is InChI=1S/C11H14ClN5O3/c1-4-6(18)11(2,19)9(20-4)17-3-14-5-7(13)15-10(12)16-8(5)17/h3-4,6,9,18-19H,1-2H3,(H2,13,15,16)/t4-,6-,9-,11-/m1/s1. The van der Waals surface area contributed by atoms with Crippen LogP contribution in [0, 0.1) is 0 Å². The van der Waals surface area contributed by atoms with Gasteiger partial charge in [-0.3, -0.25) is 4.57 Å². The Labute approximate surface area is 119 Å². The van der Waals surface area contributed by atoms with Crippen LogP contribution in [0.3, 0.4) is 0 Å². The van der Waals surface area contributed by atoms with E-state index in [1.807, 2.05) is 0 Å². The quantitative estimate of drug-likeness (QED) is 0.638. The highest BCUT2D eigenvalue weighted by molar-refractivity contribution is 6.28. The number of aliphatic hydroxyl groups excluding tert-OH is 1. The smallest absolute Gasteiger partial charge is 0.226 e. The SMILES string of the molecule is C[C@H]1O[C@@H](n2cnc3c(N)nc(Cl)nc32)[C@](C)(O)[C@@H]1O. The van der Waals surface area contributed by atoms with E-state index < -0.39 is 24.0 Å². The normalized spacial score (nSPS) is 34.0. The maximum Gasteiger partial charge on any atom is 0.226 e. The van der Waals surface area contributed by atoms with Gasteiger partial charge in [0.2, 0.25) is 5.28 Å². The summed E-state index contributed by atoms with van der Waals surface area (Å²) in [4.78, 5) is 12.0. The van der Waals surface area contributed by atoms with E-state index in [4.69, 9.17) is 22.1 Å². The first-order chi connectivity index (χ1) is 9.32. The molecule has 4 atom stereocenters. The van der Waals surface area contributed by atoms with E-state index >= 15 is 0 Å². The molecular weight excluding hydrogens is 286 g/mol. The van der Waals surface area contributed by atoms with Crippen LogP contribution in [0.5, 0.6) is 0 Å². The van der Waals surface area contributed by atoms with E-state index in [0.717, 1.165) is 0 Å². The molecule has 0 aromatic carbocycles. The Kier molecular flexibility index (Phi) is 2.87. The number of imidazole rings is 1. The van der Waals surface area contributed by atoms with Crippen molar-refractivity contribution in [3.63, 3.8) is 0 Å². The van der Waals surface area contributed by atoms with Crippen molar-refractivity contribution in [3.05, 3.63) is 11.6 Å². The number of rotatable bonds is 1. The van der Waals surface area contributed by atoms with Gasteiger partial charge in [-0.15, -0.1) is 0 Å². The zero-order valence-electron chi connectivity index (χ0n) is 10.9. The number of nitrogens with two attached hydrogens (primary N) is 1. The van der Waals surface area contributed by atoms with E-state index in [1.54, 1.807) is 6.92 Å². The largest absolute Gasteiger partial charge is 0.387 e. The number of halogens is 1. The molecule has 2 aromatic heterocycles. The summed E-state index contributed by atoms with van der Waals surface area (Å²) in [5, 5.41) is 20.4. The van der Waals surface area contributed by atoms with Gasteiger partial charge in [0.05, 0.1) is 12.4 Å². The van der Waals surface area contributed by atoms with Crippen LogP contribution in [0.25, 0.3) is 11.2 Å². The van der Waals surface area contributed by atoms with Gasteiger partial charge in [-0.25, -0.2) is 4.98 Å². The number of hydrogen-bond acceptors (Lipinski definition) is 7. The highest BCUT2D eigenvalue weighted by atomic mass is 35.5. The fourth-order valence-corrected chi connectivity index (χ4v) is 2.64. The van der Waals surface area contributed by atoms with Gasteiger partial charge >= 0.3 is 0 Å². The first-order valence-electron chi connectivity index (χ1n) is 6.04. The summed E-state index contributed by atoms with van der Waals surface area (Å²) in [6.07, 6.45) is -0.972. The summed E-state index contributed by atoms with van der Waals surface area (Å²) in [5.41, 5.74) is 4.95. The second-order valence-corrected chi connectivity index (χ2v) is 5.40. The molecule has 9 heteroatoms. The molecule has 0 amide bonds. The molecule has 1 fully saturated rings. The first-order valence-corrected chi connectivity index (χ1v) is 6.41. The van der Waals surface area contributed by atoms with Crippen molar-refractivity contribution in [1.29, 1.82) is 0 Å². The highest BCUT2D eigenvalue weighted by Crippen LogP contribution is 2.39. The van der Waals surface area contributed by atoms with Gasteiger partial charge in [0.1, 0.15) is 17.2 Å². The summed E-state index contributed by atoms with van der Waals surface area (Å²) < 4.78 is 7.09. The third kappa shape index (κ3) is 1.76. The molecule has 1 aliphatic rings. The van der Waals surface area contributed by atoms with E-state index in [9.17, 15) is 10.2 Å². The summed E-state index contributed by atoms with van der Waals surface area (Å²) in [5.74, 6) is 0.144. The molecule has 0 spiro atoms. The maximum atomic E-state index is 10.4. The molecule has 3 rings (SSSR count). The van der Waals surface area contributed by atoms with Gasteiger partial charge in [-0.1, -0.05) is 0 Å². The Morgan fingerprint density at radius 1 is 1.50 bits per heavy atom. The molecule has 0 aliphatic carbocycles. The molecule has 2 aromatic rings. The Balaban J connectivity index is 2.16. The Bertz CT molecular complexity index is 673. The highest BCUT2D eigenvalue weighted by Gasteiger charge is 2.51. The zero-order chi connectivity index (χ0) is 14.7. The predicted octanol–water partition coefficient (Wildman–Crippen LogP) is 0.0911. The van der Waals surface area contributed by atoms with Crippen LogP contribution in [-0.2, 0) is 4.74 Å². The number of hydrogen-bond donors (Lipinski definition) is 3. The molecule has 8 nitrogen and oxygen atoms in total. The molecule has 20 heavy (non-hydrogen) atoms. The Hall–Kier alpha value is -1.48. The zero-order valence-corrected chi connectivity index (χ0v) is 11.6. The average molecular weight is 300 g/mol. The van der Waals surface area contributed by atoms with Crippen LogP contribution >= 0.6 is 11.6 Å². The van der Waals surface area contributed by atoms with Crippen molar-refractivity contribution in [2.45, 2.75) is 37.9 Å². The van der Waals surface area contributed by atoms with Crippen molar-refractivity contribution in [2.75, 3.05) is 5.73 Å². The van der Waals surface area contributed by atoms with Crippen LogP contribution in [0.1, 0.15) is 20.1 Å². The molecule has 0 saturated carbocycles. The van der Waals surface area contributed by atoms with Gasteiger partial charge in [-0.05, 0) is 25.4 Å².